The van der Waals surface area contributed by atoms with Crippen molar-refractivity contribution in [2.24, 2.45) is 5.92 Å². The van der Waals surface area contributed by atoms with Crippen LogP contribution in [0.2, 0.25) is 0 Å². The Balaban J connectivity index is 1.84. The molecule has 0 bridgehead atoms. The predicted molar refractivity (Wildman–Crippen MR) is 69.0 cm³/mol. The topological polar surface area (TPSA) is 48.1 Å². The Kier molecular flexibility index (Phi) is 2.59. The van der Waals surface area contributed by atoms with Crippen molar-refractivity contribution in [3.63, 3.8) is 0 Å². The maximum Gasteiger partial charge on any atom is 0.128 e. The second-order valence-corrected chi connectivity index (χ2v) is 4.63. The average Bonchev–Trinajstić information content (AvgIpc) is 3.17. The molecule has 1 aromatic carbocycles. The number of hydrogen-bond donors (Lipinski definition) is 1. The van der Waals surface area contributed by atoms with Crippen molar-refractivity contribution in [1.82, 2.24) is 4.98 Å². The number of nitrogens with zero attached hydrogens (tertiary/aromatic N) is 1. The van der Waals surface area contributed by atoms with E-state index in [1.54, 1.807) is 6.20 Å². The van der Waals surface area contributed by atoms with Crippen LogP contribution in [0.4, 0.5) is 5.69 Å². The van der Waals surface area contributed by atoms with Gasteiger partial charge in [-0.15, -0.1) is 0 Å². The first-order chi connectivity index (χ1) is 8.34. The van der Waals surface area contributed by atoms with Gasteiger partial charge >= 0.3 is 0 Å². The molecule has 0 spiro atoms. The minimum Gasteiger partial charge on any atom is -0.493 e. The maximum atomic E-state index is 5.89. The first-order valence-electron chi connectivity index (χ1n) is 6.10. The van der Waals surface area contributed by atoms with Gasteiger partial charge in [0.15, 0.2) is 0 Å². The van der Waals surface area contributed by atoms with Crippen LogP contribution in [0, 0.1) is 5.92 Å². The molecule has 0 radical (unpaired) electrons. The zero-order valence-corrected chi connectivity index (χ0v) is 9.73. The van der Waals surface area contributed by atoms with Crippen LogP contribution in [0.1, 0.15) is 19.3 Å². The Hall–Kier alpha value is -1.77. The Bertz CT molecular complexity index is 535. The highest BCUT2D eigenvalue weighted by molar-refractivity contribution is 5.93. The molecule has 2 N–H and O–H groups in total. The molecule has 1 heterocycles. The first kappa shape index (κ1) is 10.4. The Morgan fingerprint density at radius 2 is 2.18 bits per heavy atom. The summed E-state index contributed by atoms with van der Waals surface area (Å²) in [6, 6.07) is 7.72. The summed E-state index contributed by atoms with van der Waals surface area (Å²) >= 11 is 0. The van der Waals surface area contributed by atoms with Crippen molar-refractivity contribution >= 4 is 16.6 Å². The molecular formula is C14H16N2O. The SMILES string of the molecule is Nc1ccc(OCCC2CC2)c2cccnc12. The van der Waals surface area contributed by atoms with Crippen molar-refractivity contribution in [3.05, 3.63) is 30.5 Å². The summed E-state index contributed by atoms with van der Waals surface area (Å²) in [6.45, 7) is 0.790. The highest BCUT2D eigenvalue weighted by Gasteiger charge is 2.20. The van der Waals surface area contributed by atoms with Crippen LogP contribution in [-0.4, -0.2) is 11.6 Å². The number of pyridine rings is 1. The molecule has 0 atom stereocenters. The van der Waals surface area contributed by atoms with Crippen molar-refractivity contribution < 1.29 is 4.74 Å². The minimum absolute atomic E-state index is 0.704. The Morgan fingerprint density at radius 3 is 3.00 bits per heavy atom. The standard InChI is InChI=1S/C14H16N2O/c15-12-5-6-13(17-9-7-10-3-4-10)11-2-1-8-16-14(11)12/h1-2,5-6,8,10H,3-4,7,9,15H2. The number of ether oxygens (including phenoxy) is 1. The third kappa shape index (κ3) is 2.18. The van der Waals surface area contributed by atoms with Crippen LogP contribution < -0.4 is 10.5 Å². The van der Waals surface area contributed by atoms with E-state index in [0.29, 0.717) is 5.69 Å². The smallest absolute Gasteiger partial charge is 0.128 e. The predicted octanol–water partition coefficient (Wildman–Crippen LogP) is 3.00. The highest BCUT2D eigenvalue weighted by Crippen LogP contribution is 2.33. The fourth-order valence-corrected chi connectivity index (χ4v) is 2.04. The Labute approximate surface area is 101 Å². The number of fused-ring (bicyclic) bond motifs is 1. The number of rotatable bonds is 4. The summed E-state index contributed by atoms with van der Waals surface area (Å²) in [5, 5.41) is 1.00. The molecule has 1 aliphatic carbocycles. The molecule has 88 valence electrons. The van der Waals surface area contributed by atoms with Gasteiger partial charge in [-0.3, -0.25) is 4.98 Å². The highest BCUT2D eigenvalue weighted by atomic mass is 16.5. The number of nitrogen functional groups attached to an aromatic ring is 1. The summed E-state index contributed by atoms with van der Waals surface area (Å²) in [4.78, 5) is 4.29. The molecule has 3 rings (SSSR count). The lowest BCUT2D eigenvalue weighted by Gasteiger charge is -2.09. The molecule has 17 heavy (non-hydrogen) atoms. The maximum absolute atomic E-state index is 5.89. The van der Waals surface area contributed by atoms with Crippen LogP contribution in [0.3, 0.4) is 0 Å². The van der Waals surface area contributed by atoms with Gasteiger partial charge in [-0.25, -0.2) is 0 Å². The fourth-order valence-electron chi connectivity index (χ4n) is 2.04. The minimum atomic E-state index is 0.704. The Morgan fingerprint density at radius 1 is 1.29 bits per heavy atom. The van der Waals surface area contributed by atoms with Crippen molar-refractivity contribution in [1.29, 1.82) is 0 Å². The van der Waals surface area contributed by atoms with Gasteiger partial charge in [-0.1, -0.05) is 12.8 Å². The number of benzene rings is 1. The van der Waals surface area contributed by atoms with Gasteiger partial charge in [-0.2, -0.15) is 0 Å². The van der Waals surface area contributed by atoms with E-state index < -0.39 is 0 Å². The van der Waals surface area contributed by atoms with E-state index in [-0.39, 0.29) is 0 Å². The van der Waals surface area contributed by atoms with E-state index in [1.807, 2.05) is 24.3 Å². The number of anilines is 1. The summed E-state index contributed by atoms with van der Waals surface area (Å²) in [5.74, 6) is 1.79. The van der Waals surface area contributed by atoms with Crippen LogP contribution >= 0.6 is 0 Å². The molecule has 1 saturated carbocycles. The number of hydrogen-bond acceptors (Lipinski definition) is 3. The van der Waals surface area contributed by atoms with Gasteiger partial charge in [-0.05, 0) is 36.6 Å². The number of aromatic nitrogens is 1. The van der Waals surface area contributed by atoms with E-state index in [4.69, 9.17) is 10.5 Å². The third-order valence-electron chi connectivity index (χ3n) is 3.24. The normalized spacial score (nSPS) is 15.1. The quantitative estimate of drug-likeness (QED) is 0.818. The van der Waals surface area contributed by atoms with Gasteiger partial charge in [0, 0.05) is 11.6 Å². The molecule has 0 saturated heterocycles. The van der Waals surface area contributed by atoms with Crippen LogP contribution in [-0.2, 0) is 0 Å². The van der Waals surface area contributed by atoms with E-state index in [2.05, 4.69) is 4.98 Å². The lowest BCUT2D eigenvalue weighted by molar-refractivity contribution is 0.306. The second-order valence-electron chi connectivity index (χ2n) is 4.63. The van der Waals surface area contributed by atoms with E-state index in [9.17, 15) is 0 Å². The molecule has 3 heteroatoms. The largest absolute Gasteiger partial charge is 0.493 e. The molecule has 1 aliphatic rings. The van der Waals surface area contributed by atoms with E-state index in [0.717, 1.165) is 35.6 Å². The summed E-state index contributed by atoms with van der Waals surface area (Å²) < 4.78 is 5.83. The monoisotopic (exact) mass is 228 g/mol. The van der Waals surface area contributed by atoms with Crippen LogP contribution in [0.15, 0.2) is 30.5 Å². The zero-order chi connectivity index (χ0) is 11.7. The van der Waals surface area contributed by atoms with Gasteiger partial charge in [0.05, 0.1) is 17.8 Å². The number of nitrogens with two attached hydrogens (primary N) is 1. The molecular weight excluding hydrogens is 212 g/mol. The fraction of sp³-hybridized carbons (Fsp3) is 0.357. The molecule has 2 aromatic rings. The van der Waals surface area contributed by atoms with Gasteiger partial charge in [0.25, 0.3) is 0 Å². The van der Waals surface area contributed by atoms with Crippen LogP contribution in [0.5, 0.6) is 5.75 Å². The summed E-state index contributed by atoms with van der Waals surface area (Å²) in [5.41, 5.74) is 7.43. The molecule has 0 aliphatic heterocycles. The zero-order valence-electron chi connectivity index (χ0n) is 9.73. The first-order valence-corrected chi connectivity index (χ1v) is 6.10. The average molecular weight is 228 g/mol. The van der Waals surface area contributed by atoms with Crippen molar-refractivity contribution in [2.45, 2.75) is 19.3 Å². The van der Waals surface area contributed by atoms with Gasteiger partial charge < -0.3 is 10.5 Å². The molecule has 1 fully saturated rings. The van der Waals surface area contributed by atoms with Crippen molar-refractivity contribution in [2.75, 3.05) is 12.3 Å². The molecule has 3 nitrogen and oxygen atoms in total. The second kappa shape index (κ2) is 4.24. The van der Waals surface area contributed by atoms with E-state index >= 15 is 0 Å². The van der Waals surface area contributed by atoms with Gasteiger partial charge in [0.2, 0.25) is 0 Å². The molecule has 0 amide bonds. The summed E-state index contributed by atoms with van der Waals surface area (Å²) in [7, 11) is 0. The van der Waals surface area contributed by atoms with E-state index in [1.165, 1.54) is 12.8 Å². The lowest BCUT2D eigenvalue weighted by atomic mass is 10.2. The molecule has 0 unspecified atom stereocenters. The van der Waals surface area contributed by atoms with Gasteiger partial charge in [0.1, 0.15) is 5.75 Å². The van der Waals surface area contributed by atoms with Crippen molar-refractivity contribution in [3.8, 4) is 5.75 Å². The van der Waals surface area contributed by atoms with Crippen LogP contribution in [0.25, 0.3) is 10.9 Å². The summed E-state index contributed by atoms with van der Waals surface area (Å²) in [6.07, 6.45) is 5.65. The third-order valence-corrected chi connectivity index (χ3v) is 3.24. The lowest BCUT2D eigenvalue weighted by Crippen LogP contribution is -2.00. The molecule has 1 aromatic heterocycles.